The number of piperazine rings is 1. The Labute approximate surface area is 202 Å². The highest BCUT2D eigenvalue weighted by Gasteiger charge is 2.30. The standard InChI is InChI=1S/C26H36N4O4/c1-26(2,3)34-25(32)29-14-11-21(12-15-29)30-13-5-6-23(30)24(31)28-18-16-27(17-19-28)20-7-9-22(33-4)10-8-20/h5-10,13,21H,11-12,14-19H2,1-4H3. The van der Waals surface area contributed by atoms with E-state index in [0.717, 1.165) is 43.1 Å². The number of likely N-dealkylation sites (tertiary alicyclic amines) is 1. The Morgan fingerprint density at radius 1 is 0.882 bits per heavy atom. The maximum atomic E-state index is 13.4. The van der Waals surface area contributed by atoms with Crippen LogP contribution in [-0.4, -0.2) is 78.3 Å². The highest BCUT2D eigenvalue weighted by molar-refractivity contribution is 5.93. The summed E-state index contributed by atoms with van der Waals surface area (Å²) in [5, 5.41) is 0. The second-order valence-corrected chi connectivity index (χ2v) is 9.98. The molecule has 0 radical (unpaired) electrons. The number of carbonyl (C=O) groups excluding carboxylic acids is 2. The minimum Gasteiger partial charge on any atom is -0.497 e. The summed E-state index contributed by atoms with van der Waals surface area (Å²) in [6.07, 6.45) is 3.34. The Bertz CT molecular complexity index is 979. The fraction of sp³-hybridized carbons (Fsp3) is 0.538. The lowest BCUT2D eigenvalue weighted by Crippen LogP contribution is -2.49. The summed E-state index contributed by atoms with van der Waals surface area (Å²) >= 11 is 0. The van der Waals surface area contributed by atoms with Gasteiger partial charge in [-0.1, -0.05) is 0 Å². The monoisotopic (exact) mass is 468 g/mol. The van der Waals surface area contributed by atoms with Gasteiger partial charge in [0.25, 0.3) is 5.91 Å². The van der Waals surface area contributed by atoms with Crippen molar-refractivity contribution in [2.75, 3.05) is 51.3 Å². The summed E-state index contributed by atoms with van der Waals surface area (Å²) in [5.41, 5.74) is 1.38. The van der Waals surface area contributed by atoms with Gasteiger partial charge in [0.2, 0.25) is 0 Å². The molecule has 34 heavy (non-hydrogen) atoms. The van der Waals surface area contributed by atoms with Crippen molar-refractivity contribution < 1.29 is 19.1 Å². The molecule has 0 N–H and O–H groups in total. The third kappa shape index (κ3) is 5.48. The molecule has 184 valence electrons. The normalized spacial score (nSPS) is 17.6. The molecular weight excluding hydrogens is 432 g/mol. The van der Waals surface area contributed by atoms with Crippen LogP contribution in [-0.2, 0) is 4.74 Å². The molecule has 4 rings (SSSR count). The summed E-state index contributed by atoms with van der Waals surface area (Å²) < 4.78 is 12.9. The molecule has 3 heterocycles. The van der Waals surface area contributed by atoms with Gasteiger partial charge in [0.1, 0.15) is 17.0 Å². The van der Waals surface area contributed by atoms with E-state index in [1.54, 1.807) is 12.0 Å². The second kappa shape index (κ2) is 9.99. The first-order valence-corrected chi connectivity index (χ1v) is 12.1. The average Bonchev–Trinajstić information content (AvgIpc) is 3.33. The Balaban J connectivity index is 1.33. The van der Waals surface area contributed by atoms with Gasteiger partial charge in [-0.25, -0.2) is 4.79 Å². The number of nitrogens with zero attached hydrogens (tertiary/aromatic N) is 4. The highest BCUT2D eigenvalue weighted by atomic mass is 16.6. The van der Waals surface area contributed by atoms with E-state index < -0.39 is 5.60 Å². The molecule has 2 amide bonds. The van der Waals surface area contributed by atoms with E-state index >= 15 is 0 Å². The number of ether oxygens (including phenoxy) is 2. The zero-order valence-corrected chi connectivity index (χ0v) is 20.7. The quantitative estimate of drug-likeness (QED) is 0.678. The first-order chi connectivity index (χ1) is 16.2. The number of piperidine rings is 1. The van der Waals surface area contributed by atoms with Crippen LogP contribution in [0.15, 0.2) is 42.6 Å². The molecular formula is C26H36N4O4. The summed E-state index contributed by atoms with van der Waals surface area (Å²) in [6.45, 7) is 9.88. The summed E-state index contributed by atoms with van der Waals surface area (Å²) in [5.74, 6) is 0.921. The minimum atomic E-state index is -0.495. The number of hydrogen-bond donors (Lipinski definition) is 0. The molecule has 8 nitrogen and oxygen atoms in total. The van der Waals surface area contributed by atoms with Gasteiger partial charge < -0.3 is 28.7 Å². The number of rotatable bonds is 4. The van der Waals surface area contributed by atoms with Crippen molar-refractivity contribution in [3.63, 3.8) is 0 Å². The molecule has 2 fully saturated rings. The first kappa shape index (κ1) is 24.0. The van der Waals surface area contributed by atoms with Crippen molar-refractivity contribution in [2.45, 2.75) is 45.3 Å². The Morgan fingerprint density at radius 3 is 2.12 bits per heavy atom. The predicted molar refractivity (Wildman–Crippen MR) is 132 cm³/mol. The Hall–Kier alpha value is -3.16. The zero-order valence-electron chi connectivity index (χ0n) is 20.7. The van der Waals surface area contributed by atoms with E-state index in [1.807, 2.05) is 56.1 Å². The van der Waals surface area contributed by atoms with Gasteiger partial charge >= 0.3 is 6.09 Å². The van der Waals surface area contributed by atoms with Crippen LogP contribution >= 0.6 is 0 Å². The van der Waals surface area contributed by atoms with E-state index in [4.69, 9.17) is 9.47 Å². The van der Waals surface area contributed by atoms with Crippen LogP contribution in [0.1, 0.15) is 50.1 Å². The molecule has 8 heteroatoms. The van der Waals surface area contributed by atoms with Gasteiger partial charge in [-0.3, -0.25) is 4.79 Å². The number of aromatic nitrogens is 1. The van der Waals surface area contributed by atoms with E-state index in [0.29, 0.717) is 26.2 Å². The first-order valence-electron chi connectivity index (χ1n) is 12.1. The van der Waals surface area contributed by atoms with Crippen molar-refractivity contribution >= 4 is 17.7 Å². The second-order valence-electron chi connectivity index (χ2n) is 9.98. The molecule has 2 aromatic rings. The Kier molecular flexibility index (Phi) is 7.05. The fourth-order valence-corrected chi connectivity index (χ4v) is 4.67. The molecule has 1 aromatic heterocycles. The van der Waals surface area contributed by atoms with Crippen molar-refractivity contribution in [3.8, 4) is 5.75 Å². The SMILES string of the molecule is COc1ccc(N2CCN(C(=O)c3cccn3C3CCN(C(=O)OC(C)(C)C)CC3)CC2)cc1. The number of methoxy groups -OCH3 is 1. The number of anilines is 1. The van der Waals surface area contributed by atoms with Crippen LogP contribution in [0.4, 0.5) is 10.5 Å². The molecule has 2 aliphatic heterocycles. The molecule has 2 aliphatic rings. The molecule has 0 atom stereocenters. The van der Waals surface area contributed by atoms with Crippen molar-refractivity contribution in [1.29, 1.82) is 0 Å². The van der Waals surface area contributed by atoms with Crippen LogP contribution in [0.2, 0.25) is 0 Å². The fourth-order valence-electron chi connectivity index (χ4n) is 4.67. The molecule has 0 spiro atoms. The maximum absolute atomic E-state index is 13.4. The molecule has 2 saturated heterocycles. The van der Waals surface area contributed by atoms with E-state index in [-0.39, 0.29) is 18.0 Å². The number of hydrogen-bond acceptors (Lipinski definition) is 5. The minimum absolute atomic E-state index is 0.0777. The summed E-state index contributed by atoms with van der Waals surface area (Å²) in [7, 11) is 1.67. The van der Waals surface area contributed by atoms with Crippen LogP contribution in [0.5, 0.6) is 5.75 Å². The smallest absolute Gasteiger partial charge is 0.410 e. The predicted octanol–water partition coefficient (Wildman–Crippen LogP) is 4.03. The highest BCUT2D eigenvalue weighted by Crippen LogP contribution is 2.27. The summed E-state index contributed by atoms with van der Waals surface area (Å²) in [4.78, 5) is 31.8. The molecule has 0 bridgehead atoms. The number of carbonyl (C=O) groups is 2. The topological polar surface area (TPSA) is 67.2 Å². The lowest BCUT2D eigenvalue weighted by Gasteiger charge is -2.37. The largest absolute Gasteiger partial charge is 0.497 e. The van der Waals surface area contributed by atoms with Crippen molar-refractivity contribution in [2.24, 2.45) is 0 Å². The molecule has 0 unspecified atom stereocenters. The van der Waals surface area contributed by atoms with Gasteiger partial charge in [-0.15, -0.1) is 0 Å². The van der Waals surface area contributed by atoms with Crippen molar-refractivity contribution in [1.82, 2.24) is 14.4 Å². The van der Waals surface area contributed by atoms with Crippen LogP contribution < -0.4 is 9.64 Å². The lowest BCUT2D eigenvalue weighted by atomic mass is 10.0. The van der Waals surface area contributed by atoms with Crippen LogP contribution in [0.25, 0.3) is 0 Å². The Morgan fingerprint density at radius 2 is 1.53 bits per heavy atom. The van der Waals surface area contributed by atoms with Crippen molar-refractivity contribution in [3.05, 3.63) is 48.3 Å². The van der Waals surface area contributed by atoms with Crippen LogP contribution in [0, 0.1) is 0 Å². The van der Waals surface area contributed by atoms with Gasteiger partial charge in [0.05, 0.1) is 7.11 Å². The van der Waals surface area contributed by atoms with E-state index in [1.165, 1.54) is 0 Å². The zero-order chi connectivity index (χ0) is 24.3. The maximum Gasteiger partial charge on any atom is 0.410 e. The molecule has 0 saturated carbocycles. The third-order valence-electron chi connectivity index (χ3n) is 6.51. The molecule has 1 aromatic carbocycles. The average molecular weight is 469 g/mol. The third-order valence-corrected chi connectivity index (χ3v) is 6.51. The van der Waals surface area contributed by atoms with E-state index in [2.05, 4.69) is 21.6 Å². The van der Waals surface area contributed by atoms with E-state index in [9.17, 15) is 9.59 Å². The molecule has 0 aliphatic carbocycles. The van der Waals surface area contributed by atoms with Crippen LogP contribution in [0.3, 0.4) is 0 Å². The number of amides is 2. The van der Waals surface area contributed by atoms with Gasteiger partial charge in [0.15, 0.2) is 0 Å². The lowest BCUT2D eigenvalue weighted by molar-refractivity contribution is 0.0186. The number of benzene rings is 1. The van der Waals surface area contributed by atoms with Gasteiger partial charge in [-0.2, -0.15) is 0 Å². The van der Waals surface area contributed by atoms with Gasteiger partial charge in [-0.05, 0) is 70.0 Å². The van der Waals surface area contributed by atoms with Gasteiger partial charge in [0, 0.05) is 57.2 Å². The summed E-state index contributed by atoms with van der Waals surface area (Å²) in [6, 6.07) is 12.1.